The van der Waals surface area contributed by atoms with Crippen molar-refractivity contribution in [3.05, 3.63) is 29.8 Å². The summed E-state index contributed by atoms with van der Waals surface area (Å²) in [6, 6.07) is 6.85. The summed E-state index contributed by atoms with van der Waals surface area (Å²) < 4.78 is 22.7. The van der Waals surface area contributed by atoms with E-state index in [1.165, 1.54) is 6.26 Å². The van der Waals surface area contributed by atoms with Gasteiger partial charge in [-0.1, -0.05) is 12.1 Å². The summed E-state index contributed by atoms with van der Waals surface area (Å²) in [4.78, 5) is 12.4. The molecule has 1 aliphatic rings. The lowest BCUT2D eigenvalue weighted by atomic mass is 9.99. The Bertz CT molecular complexity index is 596. The van der Waals surface area contributed by atoms with Gasteiger partial charge in [0.2, 0.25) is 5.91 Å². The summed E-state index contributed by atoms with van der Waals surface area (Å²) in [5.74, 6) is 0.00809. The van der Waals surface area contributed by atoms with Gasteiger partial charge >= 0.3 is 0 Å². The molecular weight excluding hydrogens is 288 g/mol. The first-order chi connectivity index (χ1) is 9.86. The van der Waals surface area contributed by atoms with E-state index in [4.69, 9.17) is 0 Å². The van der Waals surface area contributed by atoms with Crippen molar-refractivity contribution >= 4 is 15.7 Å². The molecular formula is C15H22N2O3S. The van der Waals surface area contributed by atoms with Gasteiger partial charge in [0.25, 0.3) is 0 Å². The van der Waals surface area contributed by atoms with E-state index in [2.05, 4.69) is 17.6 Å². The molecule has 1 saturated heterocycles. The molecule has 2 unspecified atom stereocenters. The van der Waals surface area contributed by atoms with Gasteiger partial charge in [-0.15, -0.1) is 0 Å². The molecule has 21 heavy (non-hydrogen) atoms. The number of hydrogen-bond donors (Lipinski definition) is 2. The van der Waals surface area contributed by atoms with E-state index in [-0.39, 0.29) is 11.9 Å². The van der Waals surface area contributed by atoms with Crippen LogP contribution in [0.25, 0.3) is 0 Å². The summed E-state index contributed by atoms with van der Waals surface area (Å²) >= 11 is 0. The van der Waals surface area contributed by atoms with Crippen LogP contribution in [0.3, 0.4) is 0 Å². The zero-order valence-corrected chi connectivity index (χ0v) is 13.2. The number of amides is 1. The summed E-state index contributed by atoms with van der Waals surface area (Å²) in [5.41, 5.74) is 0.889. The Morgan fingerprint density at radius 3 is 2.52 bits per heavy atom. The van der Waals surface area contributed by atoms with Crippen LogP contribution in [0.4, 0.5) is 0 Å². The van der Waals surface area contributed by atoms with Crippen LogP contribution in [0.15, 0.2) is 29.2 Å². The Balaban J connectivity index is 1.89. The third kappa shape index (κ3) is 4.54. The highest BCUT2D eigenvalue weighted by atomic mass is 32.2. The molecule has 116 valence electrons. The first kappa shape index (κ1) is 16.0. The minimum atomic E-state index is -3.17. The Kier molecular flexibility index (Phi) is 5.00. The number of benzene rings is 1. The lowest BCUT2D eigenvalue weighted by molar-refractivity contribution is -0.124. The van der Waals surface area contributed by atoms with Crippen LogP contribution in [0, 0.1) is 0 Å². The van der Waals surface area contributed by atoms with E-state index in [0.717, 1.165) is 24.8 Å². The molecule has 2 N–H and O–H groups in total. The summed E-state index contributed by atoms with van der Waals surface area (Å²) in [6.45, 7) is 2.50. The van der Waals surface area contributed by atoms with Crippen molar-refractivity contribution in [1.82, 2.24) is 10.6 Å². The highest BCUT2D eigenvalue weighted by molar-refractivity contribution is 7.90. The number of hydrogen-bond acceptors (Lipinski definition) is 4. The van der Waals surface area contributed by atoms with Crippen LogP contribution in [0.5, 0.6) is 0 Å². The molecule has 1 fully saturated rings. The van der Waals surface area contributed by atoms with Crippen LogP contribution >= 0.6 is 0 Å². The second-order valence-corrected chi connectivity index (χ2v) is 7.70. The number of nitrogens with one attached hydrogen (secondary N) is 2. The average molecular weight is 310 g/mol. The second kappa shape index (κ2) is 6.58. The fourth-order valence-electron chi connectivity index (χ4n) is 2.51. The summed E-state index contributed by atoms with van der Waals surface area (Å²) in [6.07, 6.45) is 4.22. The molecule has 1 aliphatic heterocycles. The van der Waals surface area contributed by atoms with Gasteiger partial charge in [-0.25, -0.2) is 8.42 Å². The second-order valence-electron chi connectivity index (χ2n) is 5.69. The fraction of sp³-hybridized carbons (Fsp3) is 0.533. The number of sulfone groups is 1. The van der Waals surface area contributed by atoms with Gasteiger partial charge in [-0.3, -0.25) is 4.79 Å². The van der Waals surface area contributed by atoms with E-state index in [0.29, 0.717) is 17.5 Å². The minimum Gasteiger partial charge on any atom is -0.351 e. The molecule has 2 rings (SSSR count). The average Bonchev–Trinajstić information content (AvgIpc) is 2.44. The minimum absolute atomic E-state index is 0.00809. The van der Waals surface area contributed by atoms with Gasteiger partial charge < -0.3 is 10.6 Å². The topological polar surface area (TPSA) is 75.3 Å². The molecule has 1 aromatic carbocycles. The molecule has 0 bridgehead atoms. The first-order valence-electron chi connectivity index (χ1n) is 7.19. The summed E-state index contributed by atoms with van der Waals surface area (Å²) in [7, 11) is -3.17. The number of piperidine rings is 1. The van der Waals surface area contributed by atoms with Crippen LogP contribution in [-0.4, -0.2) is 32.7 Å². The molecule has 0 aliphatic carbocycles. The van der Waals surface area contributed by atoms with E-state index in [1.807, 2.05) is 0 Å². The van der Waals surface area contributed by atoms with Crippen molar-refractivity contribution in [2.24, 2.45) is 0 Å². The molecule has 6 heteroatoms. The largest absolute Gasteiger partial charge is 0.351 e. The Labute approximate surface area is 126 Å². The predicted molar refractivity (Wildman–Crippen MR) is 81.6 cm³/mol. The molecule has 0 aromatic heterocycles. The van der Waals surface area contributed by atoms with Crippen molar-refractivity contribution in [3.8, 4) is 0 Å². The van der Waals surface area contributed by atoms with Crippen molar-refractivity contribution in [2.45, 2.75) is 49.7 Å². The third-order valence-electron chi connectivity index (χ3n) is 3.75. The van der Waals surface area contributed by atoms with E-state index in [1.54, 1.807) is 24.3 Å². The monoisotopic (exact) mass is 310 g/mol. The normalized spacial score (nSPS) is 22.8. The van der Waals surface area contributed by atoms with Gasteiger partial charge in [0.05, 0.1) is 10.9 Å². The van der Waals surface area contributed by atoms with Gasteiger partial charge in [0.15, 0.2) is 9.84 Å². The van der Waals surface area contributed by atoms with E-state index < -0.39 is 9.84 Å². The van der Waals surface area contributed by atoms with E-state index in [9.17, 15) is 13.2 Å². The Morgan fingerprint density at radius 1 is 1.29 bits per heavy atom. The SMILES string of the molecule is CC1CCCC(C(=O)NCc2ccc(S(C)(=O)=O)cc2)N1. The van der Waals surface area contributed by atoms with Crippen molar-refractivity contribution in [3.63, 3.8) is 0 Å². The smallest absolute Gasteiger partial charge is 0.237 e. The number of rotatable bonds is 4. The molecule has 0 spiro atoms. The summed E-state index contributed by atoms with van der Waals surface area (Å²) in [5, 5.41) is 6.19. The highest BCUT2D eigenvalue weighted by Crippen LogP contribution is 2.13. The molecule has 0 saturated carbocycles. The molecule has 1 aromatic rings. The Morgan fingerprint density at radius 2 is 1.95 bits per heavy atom. The van der Waals surface area contributed by atoms with Gasteiger partial charge in [-0.2, -0.15) is 0 Å². The van der Waals surface area contributed by atoms with Crippen LogP contribution in [-0.2, 0) is 21.2 Å². The van der Waals surface area contributed by atoms with Gasteiger partial charge in [-0.05, 0) is 43.9 Å². The van der Waals surface area contributed by atoms with Crippen molar-refractivity contribution in [1.29, 1.82) is 0 Å². The standard InChI is InChI=1S/C15H22N2O3S/c1-11-4-3-5-14(17-11)15(18)16-10-12-6-8-13(9-7-12)21(2,19)20/h6-9,11,14,17H,3-5,10H2,1-2H3,(H,16,18). The zero-order chi connectivity index (χ0) is 15.5. The molecule has 2 atom stereocenters. The van der Waals surface area contributed by atoms with Gasteiger partial charge in [0, 0.05) is 18.8 Å². The maximum Gasteiger partial charge on any atom is 0.237 e. The highest BCUT2D eigenvalue weighted by Gasteiger charge is 2.23. The fourth-order valence-corrected chi connectivity index (χ4v) is 3.14. The van der Waals surface area contributed by atoms with Crippen molar-refractivity contribution in [2.75, 3.05) is 6.26 Å². The maximum atomic E-state index is 12.1. The molecule has 5 nitrogen and oxygen atoms in total. The maximum absolute atomic E-state index is 12.1. The molecule has 0 radical (unpaired) electrons. The molecule has 1 amide bonds. The van der Waals surface area contributed by atoms with E-state index >= 15 is 0 Å². The lowest BCUT2D eigenvalue weighted by Gasteiger charge is -2.27. The van der Waals surface area contributed by atoms with Gasteiger partial charge in [0.1, 0.15) is 0 Å². The predicted octanol–water partition coefficient (Wildman–Crippen LogP) is 1.24. The quantitative estimate of drug-likeness (QED) is 0.877. The zero-order valence-electron chi connectivity index (χ0n) is 12.4. The lowest BCUT2D eigenvalue weighted by Crippen LogP contribution is -2.49. The third-order valence-corrected chi connectivity index (χ3v) is 4.88. The Hall–Kier alpha value is -1.40. The van der Waals surface area contributed by atoms with Crippen LogP contribution in [0.2, 0.25) is 0 Å². The number of carbonyl (C=O) groups excluding carboxylic acids is 1. The van der Waals surface area contributed by atoms with Crippen LogP contribution < -0.4 is 10.6 Å². The van der Waals surface area contributed by atoms with Crippen LogP contribution in [0.1, 0.15) is 31.7 Å². The number of carbonyl (C=O) groups is 1. The van der Waals surface area contributed by atoms with Crippen molar-refractivity contribution < 1.29 is 13.2 Å². The first-order valence-corrected chi connectivity index (χ1v) is 9.08. The molecule has 1 heterocycles.